The fourth-order valence-corrected chi connectivity index (χ4v) is 3.87. The molecule has 0 saturated carbocycles. The second-order valence-electron chi connectivity index (χ2n) is 6.57. The lowest BCUT2D eigenvalue weighted by Gasteiger charge is -2.30. The molecular formula is C21H21NO7. The molecule has 0 amide bonds. The van der Waals surface area contributed by atoms with Crippen molar-refractivity contribution in [1.82, 2.24) is 0 Å². The molecule has 8 heteroatoms. The lowest BCUT2D eigenvalue weighted by atomic mass is 9.80. The number of carbonyl (C=O) groups is 1. The molecule has 0 fully saturated rings. The van der Waals surface area contributed by atoms with Crippen LogP contribution >= 0.6 is 0 Å². The Bertz CT molecular complexity index is 1030. The van der Waals surface area contributed by atoms with Crippen molar-refractivity contribution in [1.29, 1.82) is 0 Å². The Balaban J connectivity index is 2.01. The molecule has 1 atom stereocenters. The zero-order valence-corrected chi connectivity index (χ0v) is 16.5. The minimum atomic E-state index is -0.473. The first kappa shape index (κ1) is 18.8. The van der Waals surface area contributed by atoms with Crippen LogP contribution in [0, 0.1) is 0 Å². The number of phenolic OH excluding ortho intramolecular Hbond substituents is 1. The number of esters is 1. The topological polar surface area (TPSA) is 95.5 Å². The van der Waals surface area contributed by atoms with Crippen molar-refractivity contribution in [3.8, 4) is 28.7 Å². The van der Waals surface area contributed by atoms with Gasteiger partial charge in [0.15, 0.2) is 23.0 Å². The van der Waals surface area contributed by atoms with Crippen molar-refractivity contribution in [2.24, 2.45) is 0 Å². The Morgan fingerprint density at radius 2 is 1.72 bits per heavy atom. The molecule has 2 aliphatic heterocycles. The number of benzene rings is 2. The van der Waals surface area contributed by atoms with Gasteiger partial charge in [-0.3, -0.25) is 0 Å². The highest BCUT2D eigenvalue weighted by molar-refractivity contribution is 5.98. The van der Waals surface area contributed by atoms with E-state index in [-0.39, 0.29) is 12.4 Å². The molecule has 0 aromatic heterocycles. The molecule has 0 radical (unpaired) electrons. The second kappa shape index (κ2) is 7.12. The quantitative estimate of drug-likeness (QED) is 0.741. The maximum atomic E-state index is 12.6. The van der Waals surface area contributed by atoms with Gasteiger partial charge in [0.1, 0.15) is 6.61 Å². The van der Waals surface area contributed by atoms with Crippen LogP contribution in [0.4, 0.5) is 5.69 Å². The molecule has 1 unspecified atom stereocenters. The third kappa shape index (κ3) is 2.79. The van der Waals surface area contributed by atoms with Gasteiger partial charge in [-0.25, -0.2) is 4.79 Å². The molecule has 4 rings (SSSR count). The van der Waals surface area contributed by atoms with Gasteiger partial charge in [-0.2, -0.15) is 0 Å². The van der Waals surface area contributed by atoms with Gasteiger partial charge in [0.25, 0.3) is 0 Å². The highest BCUT2D eigenvalue weighted by Gasteiger charge is 2.41. The standard InChI is InChI=1S/C21H21NO7/c1-25-14-7-10(5-6-13(14)23)16-11-8-15(26-2)19(27-3)20(28-4)18(11)22-12-9-29-21(24)17(12)16/h5-8,16,22-23H,9H2,1-4H3. The molecule has 8 nitrogen and oxygen atoms in total. The van der Waals surface area contributed by atoms with E-state index in [9.17, 15) is 9.90 Å². The van der Waals surface area contributed by atoms with Crippen LogP contribution in [-0.4, -0.2) is 46.1 Å². The third-order valence-corrected chi connectivity index (χ3v) is 5.17. The number of carbonyl (C=O) groups excluding carboxylic acids is 1. The molecular weight excluding hydrogens is 378 g/mol. The van der Waals surface area contributed by atoms with Gasteiger partial charge in [0, 0.05) is 5.92 Å². The third-order valence-electron chi connectivity index (χ3n) is 5.17. The van der Waals surface area contributed by atoms with E-state index in [0.29, 0.717) is 40.0 Å². The van der Waals surface area contributed by atoms with Crippen LogP contribution in [0.15, 0.2) is 35.5 Å². The number of aromatic hydroxyl groups is 1. The predicted octanol–water partition coefficient (Wildman–Crippen LogP) is 2.79. The molecule has 2 aromatic rings. The van der Waals surface area contributed by atoms with E-state index in [2.05, 4.69) is 5.32 Å². The zero-order chi connectivity index (χ0) is 20.7. The normalized spacial score (nSPS) is 17.1. The summed E-state index contributed by atoms with van der Waals surface area (Å²) in [5.41, 5.74) is 3.33. The van der Waals surface area contributed by atoms with Crippen LogP contribution in [0.2, 0.25) is 0 Å². The van der Waals surface area contributed by atoms with E-state index in [1.807, 2.05) is 6.07 Å². The highest BCUT2D eigenvalue weighted by Crippen LogP contribution is 2.54. The first-order chi connectivity index (χ1) is 14.0. The molecule has 2 aromatic carbocycles. The largest absolute Gasteiger partial charge is 0.504 e. The van der Waals surface area contributed by atoms with Crippen LogP contribution in [-0.2, 0) is 9.53 Å². The first-order valence-electron chi connectivity index (χ1n) is 8.90. The number of nitrogens with one attached hydrogen (secondary N) is 1. The monoisotopic (exact) mass is 399 g/mol. The number of cyclic esters (lactones) is 1. The fourth-order valence-electron chi connectivity index (χ4n) is 3.87. The summed E-state index contributed by atoms with van der Waals surface area (Å²) in [7, 11) is 6.08. The Hall–Kier alpha value is -3.55. The number of anilines is 1. The smallest absolute Gasteiger partial charge is 0.337 e. The SMILES string of the molecule is COc1cc(C2C3=C(COC3=O)Nc3c2cc(OC)c(OC)c3OC)ccc1O. The number of fused-ring (bicyclic) bond motifs is 1. The zero-order valence-electron chi connectivity index (χ0n) is 16.5. The molecule has 0 aliphatic carbocycles. The Labute approximate surface area is 167 Å². The molecule has 2 N–H and O–H groups in total. The van der Waals surface area contributed by atoms with Gasteiger partial charge >= 0.3 is 5.97 Å². The number of hydrogen-bond donors (Lipinski definition) is 2. The Kier molecular flexibility index (Phi) is 4.62. The minimum absolute atomic E-state index is 0.0125. The molecule has 0 spiro atoms. The minimum Gasteiger partial charge on any atom is -0.504 e. The molecule has 0 saturated heterocycles. The fraction of sp³-hybridized carbons (Fsp3) is 0.286. The lowest BCUT2D eigenvalue weighted by molar-refractivity contribution is -0.136. The average molecular weight is 399 g/mol. The maximum Gasteiger partial charge on any atom is 0.337 e. The molecule has 2 aliphatic rings. The van der Waals surface area contributed by atoms with Gasteiger partial charge in [-0.15, -0.1) is 0 Å². The van der Waals surface area contributed by atoms with Crippen molar-refractivity contribution in [3.05, 3.63) is 46.7 Å². The predicted molar refractivity (Wildman–Crippen MR) is 104 cm³/mol. The molecule has 2 heterocycles. The van der Waals surface area contributed by atoms with Gasteiger partial charge in [0.05, 0.1) is 45.4 Å². The summed E-state index contributed by atoms with van der Waals surface area (Å²) in [6, 6.07) is 6.79. The van der Waals surface area contributed by atoms with E-state index in [1.54, 1.807) is 12.1 Å². The highest BCUT2D eigenvalue weighted by atomic mass is 16.5. The van der Waals surface area contributed by atoms with Crippen LogP contribution in [0.3, 0.4) is 0 Å². The number of hydrogen-bond acceptors (Lipinski definition) is 8. The summed E-state index contributed by atoms with van der Waals surface area (Å²) in [5, 5.41) is 13.3. The van der Waals surface area contributed by atoms with Crippen molar-refractivity contribution < 1.29 is 33.6 Å². The maximum absolute atomic E-state index is 12.6. The Morgan fingerprint density at radius 1 is 1.00 bits per heavy atom. The number of ether oxygens (including phenoxy) is 5. The average Bonchev–Trinajstić information content (AvgIpc) is 3.11. The first-order valence-corrected chi connectivity index (χ1v) is 8.90. The van der Waals surface area contributed by atoms with Crippen molar-refractivity contribution in [3.63, 3.8) is 0 Å². The summed E-state index contributed by atoms with van der Waals surface area (Å²) in [4.78, 5) is 12.6. The van der Waals surface area contributed by atoms with Crippen LogP contribution in [0.25, 0.3) is 0 Å². The summed E-state index contributed by atoms with van der Waals surface area (Å²) in [5.74, 6) is 0.822. The number of rotatable bonds is 5. The molecule has 152 valence electrons. The van der Waals surface area contributed by atoms with Gasteiger partial charge in [0.2, 0.25) is 5.75 Å². The summed E-state index contributed by atoms with van der Waals surface area (Å²) >= 11 is 0. The van der Waals surface area contributed by atoms with E-state index in [0.717, 1.165) is 11.1 Å². The number of phenols is 1. The summed E-state index contributed by atoms with van der Waals surface area (Å²) in [6.07, 6.45) is 0. The second-order valence-corrected chi connectivity index (χ2v) is 6.57. The van der Waals surface area contributed by atoms with Gasteiger partial charge in [-0.1, -0.05) is 6.07 Å². The van der Waals surface area contributed by atoms with Crippen molar-refractivity contribution >= 4 is 11.7 Å². The van der Waals surface area contributed by atoms with E-state index in [1.165, 1.54) is 34.5 Å². The van der Waals surface area contributed by atoms with Crippen LogP contribution in [0.5, 0.6) is 28.7 Å². The summed E-state index contributed by atoms with van der Waals surface area (Å²) < 4.78 is 27.2. The lowest BCUT2D eigenvalue weighted by Crippen LogP contribution is -2.21. The Morgan fingerprint density at radius 3 is 2.38 bits per heavy atom. The summed E-state index contributed by atoms with van der Waals surface area (Å²) in [6.45, 7) is 0.136. The van der Waals surface area contributed by atoms with E-state index in [4.69, 9.17) is 23.7 Å². The van der Waals surface area contributed by atoms with Crippen molar-refractivity contribution in [2.45, 2.75) is 5.92 Å². The van der Waals surface area contributed by atoms with Crippen LogP contribution < -0.4 is 24.3 Å². The van der Waals surface area contributed by atoms with E-state index < -0.39 is 11.9 Å². The van der Waals surface area contributed by atoms with Crippen molar-refractivity contribution in [2.75, 3.05) is 40.4 Å². The van der Waals surface area contributed by atoms with Gasteiger partial charge < -0.3 is 34.1 Å². The molecule has 29 heavy (non-hydrogen) atoms. The van der Waals surface area contributed by atoms with E-state index >= 15 is 0 Å². The molecule has 0 bridgehead atoms. The number of methoxy groups -OCH3 is 4. The van der Waals surface area contributed by atoms with Crippen LogP contribution in [0.1, 0.15) is 17.0 Å². The van der Waals surface area contributed by atoms with Gasteiger partial charge in [-0.05, 0) is 29.3 Å².